The molecule has 0 aliphatic carbocycles. The Balaban J connectivity index is 2.33. The highest BCUT2D eigenvalue weighted by Crippen LogP contribution is 2.29. The Labute approximate surface area is 131 Å². The zero-order chi connectivity index (χ0) is 16.2. The predicted molar refractivity (Wildman–Crippen MR) is 80.9 cm³/mol. The fourth-order valence-electron chi connectivity index (χ4n) is 2.57. The number of hydrogen-bond donors (Lipinski definition) is 0. The van der Waals surface area contributed by atoms with Crippen molar-refractivity contribution in [3.63, 3.8) is 0 Å². The van der Waals surface area contributed by atoms with E-state index in [4.69, 9.17) is 9.47 Å². The molecule has 5 nitrogen and oxygen atoms in total. The molecule has 1 atom stereocenters. The van der Waals surface area contributed by atoms with Gasteiger partial charge in [-0.15, -0.1) is 0 Å². The van der Waals surface area contributed by atoms with E-state index in [0.29, 0.717) is 32.7 Å². The quantitative estimate of drug-likeness (QED) is 0.769. The molecule has 7 heteroatoms. The van der Waals surface area contributed by atoms with Gasteiger partial charge in [0.1, 0.15) is 16.5 Å². The Hall–Kier alpha value is -1.18. The van der Waals surface area contributed by atoms with Gasteiger partial charge in [0.15, 0.2) is 0 Å². The van der Waals surface area contributed by atoms with Gasteiger partial charge >= 0.3 is 0 Å². The fourth-order valence-corrected chi connectivity index (χ4v) is 4.34. The van der Waals surface area contributed by atoms with Crippen molar-refractivity contribution in [1.82, 2.24) is 4.31 Å². The van der Waals surface area contributed by atoms with E-state index in [9.17, 15) is 12.8 Å². The predicted octanol–water partition coefficient (Wildman–Crippen LogP) is 2.27. The average Bonchev–Trinajstić information content (AvgIpc) is 3.00. The second-order valence-corrected chi connectivity index (χ2v) is 7.29. The van der Waals surface area contributed by atoms with E-state index in [1.807, 2.05) is 6.92 Å². The first-order valence-corrected chi connectivity index (χ1v) is 8.84. The normalized spacial score (nSPS) is 18.8. The molecule has 0 amide bonds. The molecule has 0 aromatic heterocycles. The van der Waals surface area contributed by atoms with Gasteiger partial charge in [-0.05, 0) is 37.0 Å². The molecule has 2 rings (SSSR count). The minimum absolute atomic E-state index is 0.123. The summed E-state index contributed by atoms with van der Waals surface area (Å²) in [6.07, 6.45) is 1.53. The summed E-state index contributed by atoms with van der Waals surface area (Å²) in [6.45, 7) is 3.91. The first kappa shape index (κ1) is 17.2. The van der Waals surface area contributed by atoms with Crippen LogP contribution in [0.4, 0.5) is 4.39 Å². The van der Waals surface area contributed by atoms with E-state index in [1.165, 1.54) is 23.5 Å². The smallest absolute Gasteiger partial charge is 0.246 e. The van der Waals surface area contributed by atoms with Crippen molar-refractivity contribution in [3.8, 4) is 5.75 Å². The first-order chi connectivity index (χ1) is 10.5. The molecule has 1 heterocycles. The van der Waals surface area contributed by atoms with Crippen molar-refractivity contribution in [2.75, 3.05) is 33.4 Å². The van der Waals surface area contributed by atoms with Gasteiger partial charge in [0.05, 0.1) is 13.7 Å². The topological polar surface area (TPSA) is 55.8 Å². The summed E-state index contributed by atoms with van der Waals surface area (Å²) in [5, 5.41) is 0. The lowest BCUT2D eigenvalue weighted by Crippen LogP contribution is -2.36. The van der Waals surface area contributed by atoms with Gasteiger partial charge in [-0.1, -0.05) is 6.92 Å². The van der Waals surface area contributed by atoms with Crippen LogP contribution in [0.2, 0.25) is 0 Å². The van der Waals surface area contributed by atoms with E-state index in [1.54, 1.807) is 0 Å². The molecule has 1 aliphatic rings. The minimum atomic E-state index is -3.80. The molecule has 0 spiro atoms. The van der Waals surface area contributed by atoms with Gasteiger partial charge in [-0.2, -0.15) is 4.31 Å². The summed E-state index contributed by atoms with van der Waals surface area (Å²) >= 11 is 0. The Kier molecular flexibility index (Phi) is 5.77. The molecule has 1 unspecified atom stereocenters. The standard InChI is InChI=1S/C15H22FNO4S/c1-3-7-17(10-12-6-8-21-11-12)22(18,19)15-9-13(16)4-5-14(15)20-2/h4-5,9,12H,3,6-8,10-11H2,1-2H3. The molecule has 0 radical (unpaired) electrons. The van der Waals surface area contributed by atoms with Crippen LogP contribution in [0.1, 0.15) is 19.8 Å². The van der Waals surface area contributed by atoms with E-state index in [0.717, 1.165) is 12.5 Å². The fraction of sp³-hybridized carbons (Fsp3) is 0.600. The molecule has 0 saturated carbocycles. The molecule has 124 valence electrons. The number of rotatable bonds is 7. The highest BCUT2D eigenvalue weighted by Gasteiger charge is 2.30. The maximum absolute atomic E-state index is 13.5. The van der Waals surface area contributed by atoms with Crippen LogP contribution in [-0.2, 0) is 14.8 Å². The molecule has 1 aliphatic heterocycles. The summed E-state index contributed by atoms with van der Waals surface area (Å²) in [5.41, 5.74) is 0. The van der Waals surface area contributed by atoms with Crippen LogP contribution in [0.15, 0.2) is 23.1 Å². The molecule has 1 aromatic rings. The molecule has 0 N–H and O–H groups in total. The van der Waals surface area contributed by atoms with E-state index in [-0.39, 0.29) is 16.6 Å². The van der Waals surface area contributed by atoms with Gasteiger partial charge < -0.3 is 9.47 Å². The summed E-state index contributed by atoms with van der Waals surface area (Å²) < 4.78 is 51.1. The van der Waals surface area contributed by atoms with Gasteiger partial charge in [-0.25, -0.2) is 12.8 Å². The van der Waals surface area contributed by atoms with Crippen LogP contribution in [-0.4, -0.2) is 46.1 Å². The van der Waals surface area contributed by atoms with Crippen molar-refractivity contribution >= 4 is 10.0 Å². The first-order valence-electron chi connectivity index (χ1n) is 7.40. The number of benzene rings is 1. The van der Waals surface area contributed by atoms with Crippen LogP contribution < -0.4 is 4.74 Å². The lowest BCUT2D eigenvalue weighted by Gasteiger charge is -2.25. The number of ether oxygens (including phenoxy) is 2. The highest BCUT2D eigenvalue weighted by molar-refractivity contribution is 7.89. The second kappa shape index (κ2) is 7.39. The lowest BCUT2D eigenvalue weighted by molar-refractivity contribution is 0.180. The molecule has 1 aromatic carbocycles. The number of methoxy groups -OCH3 is 1. The van der Waals surface area contributed by atoms with E-state index < -0.39 is 15.8 Å². The third kappa shape index (κ3) is 3.77. The SMILES string of the molecule is CCCN(CC1CCOC1)S(=O)(=O)c1cc(F)ccc1OC. The lowest BCUT2D eigenvalue weighted by atomic mass is 10.1. The molecule has 1 saturated heterocycles. The maximum Gasteiger partial charge on any atom is 0.246 e. The van der Waals surface area contributed by atoms with Gasteiger partial charge in [0.2, 0.25) is 10.0 Å². The van der Waals surface area contributed by atoms with Crippen molar-refractivity contribution in [2.45, 2.75) is 24.7 Å². The largest absolute Gasteiger partial charge is 0.495 e. The van der Waals surface area contributed by atoms with Crippen LogP contribution in [0, 0.1) is 11.7 Å². The molecule has 0 bridgehead atoms. The maximum atomic E-state index is 13.5. The molecule has 1 fully saturated rings. The highest BCUT2D eigenvalue weighted by atomic mass is 32.2. The van der Waals surface area contributed by atoms with E-state index >= 15 is 0 Å². The van der Waals surface area contributed by atoms with Crippen LogP contribution in [0.3, 0.4) is 0 Å². The second-order valence-electron chi connectivity index (χ2n) is 5.39. The average molecular weight is 331 g/mol. The minimum Gasteiger partial charge on any atom is -0.495 e. The van der Waals surface area contributed by atoms with Crippen LogP contribution >= 0.6 is 0 Å². The molecular formula is C15H22FNO4S. The van der Waals surface area contributed by atoms with Crippen LogP contribution in [0.5, 0.6) is 5.75 Å². The number of hydrogen-bond acceptors (Lipinski definition) is 4. The van der Waals surface area contributed by atoms with Gasteiger partial charge in [0, 0.05) is 19.7 Å². The van der Waals surface area contributed by atoms with Crippen molar-refractivity contribution in [1.29, 1.82) is 0 Å². The summed E-state index contributed by atoms with van der Waals surface area (Å²) in [6, 6.07) is 3.54. The summed E-state index contributed by atoms with van der Waals surface area (Å²) in [5.74, 6) is -0.258. The zero-order valence-electron chi connectivity index (χ0n) is 12.9. The Morgan fingerprint density at radius 3 is 2.82 bits per heavy atom. The van der Waals surface area contributed by atoms with Gasteiger partial charge in [0.25, 0.3) is 0 Å². The Morgan fingerprint density at radius 1 is 1.45 bits per heavy atom. The van der Waals surface area contributed by atoms with Crippen molar-refractivity contribution in [3.05, 3.63) is 24.0 Å². The molecular weight excluding hydrogens is 309 g/mol. The molecule has 22 heavy (non-hydrogen) atoms. The van der Waals surface area contributed by atoms with Crippen molar-refractivity contribution in [2.24, 2.45) is 5.92 Å². The number of sulfonamides is 1. The third-order valence-electron chi connectivity index (χ3n) is 3.70. The van der Waals surface area contributed by atoms with Crippen molar-refractivity contribution < 1.29 is 22.3 Å². The number of halogens is 1. The monoisotopic (exact) mass is 331 g/mol. The summed E-state index contributed by atoms with van der Waals surface area (Å²) in [7, 11) is -2.43. The van der Waals surface area contributed by atoms with Crippen LogP contribution in [0.25, 0.3) is 0 Å². The summed E-state index contributed by atoms with van der Waals surface area (Å²) in [4.78, 5) is -0.123. The third-order valence-corrected chi connectivity index (χ3v) is 5.59. The van der Waals surface area contributed by atoms with Gasteiger partial charge in [-0.3, -0.25) is 0 Å². The Bertz CT molecular complexity index is 600. The Morgan fingerprint density at radius 2 is 2.23 bits per heavy atom. The van der Waals surface area contributed by atoms with E-state index in [2.05, 4.69) is 0 Å². The number of nitrogens with zero attached hydrogens (tertiary/aromatic N) is 1. The zero-order valence-corrected chi connectivity index (χ0v) is 13.7.